The third-order valence-corrected chi connectivity index (χ3v) is 14.6. The monoisotopic (exact) mass is 1020 g/mol. The van der Waals surface area contributed by atoms with Crippen LogP contribution in [0, 0.1) is 36.5 Å². The van der Waals surface area contributed by atoms with Gasteiger partial charge in [-0.05, 0) is 81.3 Å². The maximum Gasteiger partial charge on any atom is 0.327 e. The van der Waals surface area contributed by atoms with Gasteiger partial charge in [-0.2, -0.15) is 0 Å². The van der Waals surface area contributed by atoms with Gasteiger partial charge in [-0.1, -0.05) is 90.1 Å². The average molecular weight is 1020 g/mol. The summed E-state index contributed by atoms with van der Waals surface area (Å²) >= 11 is 0. The van der Waals surface area contributed by atoms with Crippen LogP contribution in [0.5, 0.6) is 17.2 Å². The number of esters is 1. The maximum atomic E-state index is 14.8. The molecule has 2 unspecified atom stereocenters. The van der Waals surface area contributed by atoms with Crippen LogP contribution in [0.2, 0.25) is 0 Å². The van der Waals surface area contributed by atoms with E-state index in [1.807, 2.05) is 52.0 Å². The maximum absolute atomic E-state index is 14.8. The molecule has 7 atom stereocenters. The largest absolute Gasteiger partial charge is 0.507 e. The van der Waals surface area contributed by atoms with Crippen LogP contribution in [0.25, 0.3) is 10.8 Å². The summed E-state index contributed by atoms with van der Waals surface area (Å²) < 4.78 is 18.7. The van der Waals surface area contributed by atoms with Gasteiger partial charge in [-0.25, -0.2) is 5.84 Å². The van der Waals surface area contributed by atoms with E-state index >= 15 is 0 Å². The summed E-state index contributed by atoms with van der Waals surface area (Å²) in [5, 5.41) is 47.6. The lowest BCUT2D eigenvalue weighted by Gasteiger charge is -2.36. The fraction of sp³-hybridized carbons (Fsp3) is 0.526. The number of hydrogen-bond donors (Lipinski definition) is 7. The SMILES string of the molecule is C/C1=C/C=C/C(C)C[C@@H](C)[C@@H](O)[C@@H](C)[C@H](OC(=O)CN(N)/C=C(\N)CCCc2ccccc2)[C@H](C)C/C=C/OC2(C)Oc3c(C)c(O)c4c(O)c(c5c(c4c3C2=O)=NC2(CCN(CC(C)C)CC2)N=5)NC1=O.CO. The highest BCUT2D eigenvalue weighted by atomic mass is 16.7. The Morgan fingerprint density at radius 1 is 1.01 bits per heavy atom. The lowest BCUT2D eigenvalue weighted by Crippen LogP contribution is -2.43. The Balaban J connectivity index is 0.00000440. The number of Topliss-reactive ketones (excluding diaryl/α,β-unsaturated/α-hetero) is 1. The van der Waals surface area contributed by atoms with Crippen LogP contribution in [0.1, 0.15) is 115 Å². The van der Waals surface area contributed by atoms with Crippen molar-refractivity contribution in [3.8, 4) is 17.2 Å². The van der Waals surface area contributed by atoms with Crippen LogP contribution in [0.4, 0.5) is 5.69 Å². The molecular weight excluding hydrogens is 943 g/mol. The highest BCUT2D eigenvalue weighted by Crippen LogP contribution is 2.50. The van der Waals surface area contributed by atoms with Gasteiger partial charge in [0.2, 0.25) is 0 Å². The number of piperidine rings is 1. The van der Waals surface area contributed by atoms with Gasteiger partial charge in [-0.3, -0.25) is 24.4 Å². The molecule has 9 N–H and O–H groups in total. The Bertz CT molecular complexity index is 2780. The van der Waals surface area contributed by atoms with E-state index in [0.717, 1.165) is 26.5 Å². The summed E-state index contributed by atoms with van der Waals surface area (Å²) in [5.41, 5.74) is 7.64. The van der Waals surface area contributed by atoms with Crippen LogP contribution in [-0.2, 0) is 25.5 Å². The van der Waals surface area contributed by atoms with Crippen molar-refractivity contribution in [2.24, 2.45) is 51.2 Å². The molecule has 17 nitrogen and oxygen atoms in total. The van der Waals surface area contributed by atoms with Crippen molar-refractivity contribution in [1.82, 2.24) is 9.91 Å². The smallest absolute Gasteiger partial charge is 0.327 e. The zero-order chi connectivity index (χ0) is 54.2. The van der Waals surface area contributed by atoms with Crippen molar-refractivity contribution in [2.45, 2.75) is 131 Å². The van der Waals surface area contributed by atoms with E-state index in [1.165, 1.54) is 30.0 Å². The number of phenols is 2. The molecule has 5 bridgehead atoms. The molecule has 0 radical (unpaired) electrons. The molecule has 1 amide bonds. The predicted octanol–water partition coefficient (Wildman–Crippen LogP) is 6.74. The van der Waals surface area contributed by atoms with E-state index in [1.54, 1.807) is 32.1 Å². The Labute approximate surface area is 435 Å². The first-order valence-corrected chi connectivity index (χ1v) is 25.9. The summed E-state index contributed by atoms with van der Waals surface area (Å²) in [6, 6.07) is 10.1. The molecule has 8 rings (SSSR count). The van der Waals surface area contributed by atoms with E-state index < -0.39 is 53.0 Å². The van der Waals surface area contributed by atoms with Crippen LogP contribution < -0.4 is 32.3 Å². The number of phenolic OH excluding ortho intramolecular Hbond substituents is 2. The fourth-order valence-corrected chi connectivity index (χ4v) is 10.6. The number of nitrogens with one attached hydrogen (secondary N) is 1. The number of aryl methyl sites for hydroxylation is 1. The van der Waals surface area contributed by atoms with Gasteiger partial charge in [0, 0.05) is 80.8 Å². The predicted molar refractivity (Wildman–Crippen MR) is 285 cm³/mol. The summed E-state index contributed by atoms with van der Waals surface area (Å²) in [6.45, 7) is 18.9. The summed E-state index contributed by atoms with van der Waals surface area (Å²) in [5.74, 6) is 1.25. The highest BCUT2D eigenvalue weighted by Gasteiger charge is 2.50. The number of carbonyl (C=O) groups excluding carboxylic acids is 3. The molecule has 5 aliphatic rings. The zero-order valence-electron chi connectivity index (χ0n) is 44.9. The Morgan fingerprint density at radius 2 is 1.69 bits per heavy atom. The first-order chi connectivity index (χ1) is 35.1. The first kappa shape index (κ1) is 57.0. The molecule has 0 aliphatic carbocycles. The molecule has 3 aromatic carbocycles. The standard InChI is InChI=1S/C56H75N7O9.CH4O/c1-32(2)29-62-25-23-56(24-26-62)60-45-42-43-49(66)38(8)52-44(42)53(68)55(9,72-52)70-27-15-18-34(4)51(71-41(64)31-63(58)30-40(57)22-14-21-39-19-11-10-12-20-39)37(7)48(65)36(6)28-33(3)16-13-17-35(5)54(69)59-47(50(43)67)46(45)61-56;1-2/h10-13,15-17,19-20,27,30,32-34,36-37,48,51,65-67H,14,18,21-26,28-29,31,57-58H2,1-9H3,(H,59,69);2H,1H3/b16-13+,27-15+,35-17-,40-30-;/t33?,34-,36-,37-,48-,51-,55?;/m1./s1. The van der Waals surface area contributed by atoms with Gasteiger partial charge >= 0.3 is 11.8 Å². The lowest BCUT2D eigenvalue weighted by atomic mass is 9.80. The number of rotatable bonds is 10. The Kier molecular flexibility index (Phi) is 18.8. The molecule has 402 valence electrons. The van der Waals surface area contributed by atoms with Crippen LogP contribution >= 0.6 is 0 Å². The number of amides is 1. The third-order valence-electron chi connectivity index (χ3n) is 14.6. The van der Waals surface area contributed by atoms with Gasteiger partial charge in [0.15, 0.2) is 11.4 Å². The number of anilines is 1. The number of nitrogens with zero attached hydrogens (tertiary/aromatic N) is 4. The minimum absolute atomic E-state index is 0.0164. The first-order valence-electron chi connectivity index (χ1n) is 25.9. The van der Waals surface area contributed by atoms with Gasteiger partial charge in [0.1, 0.15) is 35.2 Å². The van der Waals surface area contributed by atoms with Crippen molar-refractivity contribution < 1.29 is 49.0 Å². The number of carbonyl (C=O) groups is 3. The number of likely N-dealkylation sites (tertiary alicyclic amines) is 1. The molecule has 1 saturated heterocycles. The molecule has 5 heterocycles. The molecule has 1 fully saturated rings. The van der Waals surface area contributed by atoms with Gasteiger partial charge in [-0.15, -0.1) is 0 Å². The van der Waals surface area contributed by atoms with Crippen molar-refractivity contribution in [1.29, 1.82) is 0 Å². The highest BCUT2D eigenvalue weighted by molar-refractivity contribution is 6.19. The number of fused-ring (bicyclic) bond motifs is 13. The Morgan fingerprint density at radius 3 is 2.36 bits per heavy atom. The summed E-state index contributed by atoms with van der Waals surface area (Å²) in [6.07, 6.45) is 12.6. The van der Waals surface area contributed by atoms with Crippen LogP contribution in [0.15, 0.2) is 88.4 Å². The van der Waals surface area contributed by atoms with E-state index in [4.69, 9.17) is 40.9 Å². The quantitative estimate of drug-likeness (QED) is 0.0481. The van der Waals surface area contributed by atoms with Crippen molar-refractivity contribution >= 4 is 34.1 Å². The number of allylic oxidation sites excluding steroid dienone is 5. The number of aliphatic hydroxyl groups is 2. The molecule has 0 saturated carbocycles. The van der Waals surface area contributed by atoms with E-state index in [-0.39, 0.29) is 74.1 Å². The summed E-state index contributed by atoms with van der Waals surface area (Å²) in [7, 11) is 1.00. The van der Waals surface area contributed by atoms with Crippen molar-refractivity contribution in [3.63, 3.8) is 0 Å². The summed E-state index contributed by atoms with van der Waals surface area (Å²) in [4.78, 5) is 55.2. The number of hydrazine groups is 1. The zero-order valence-corrected chi connectivity index (χ0v) is 44.9. The fourth-order valence-electron chi connectivity index (χ4n) is 10.6. The normalized spacial score (nSPS) is 26.9. The number of aliphatic hydroxyl groups excluding tert-OH is 2. The molecular formula is C57H79N7O10. The number of nitrogens with two attached hydrogens (primary N) is 2. The second-order valence-electron chi connectivity index (χ2n) is 21.2. The molecule has 1 spiro atoms. The lowest BCUT2D eigenvalue weighted by molar-refractivity contribution is -0.159. The number of benzene rings is 3. The van der Waals surface area contributed by atoms with E-state index in [0.29, 0.717) is 62.4 Å². The molecule has 17 heteroatoms. The molecule has 3 aromatic rings. The number of ketones is 1. The van der Waals surface area contributed by atoms with Crippen LogP contribution in [0.3, 0.4) is 0 Å². The second kappa shape index (κ2) is 24.4. The molecule has 0 aromatic heterocycles. The number of ether oxygens (including phenoxy) is 3. The van der Waals surface area contributed by atoms with Gasteiger partial charge in [0.25, 0.3) is 11.7 Å². The second-order valence-corrected chi connectivity index (χ2v) is 21.2. The third kappa shape index (κ3) is 12.8. The topological polar surface area (TPSA) is 255 Å². The number of aromatic hydroxyl groups is 2. The minimum Gasteiger partial charge on any atom is -0.507 e. The number of hydrogen-bond acceptors (Lipinski definition) is 16. The van der Waals surface area contributed by atoms with E-state index in [9.17, 15) is 29.7 Å². The van der Waals surface area contributed by atoms with Gasteiger partial charge < -0.3 is 55.6 Å². The molecule has 5 aliphatic heterocycles. The molecule has 74 heavy (non-hydrogen) atoms. The minimum atomic E-state index is -1.91. The average Bonchev–Trinajstić information content (AvgIpc) is 3.86. The van der Waals surface area contributed by atoms with Gasteiger partial charge in [0.05, 0.1) is 28.7 Å². The van der Waals surface area contributed by atoms with E-state index in [2.05, 4.69) is 36.2 Å². The van der Waals surface area contributed by atoms with Crippen LogP contribution in [-0.4, -0.2) is 105 Å². The van der Waals surface area contributed by atoms with Crippen molar-refractivity contribution in [3.05, 3.63) is 106 Å². The van der Waals surface area contributed by atoms with Crippen molar-refractivity contribution in [2.75, 3.05) is 38.6 Å². The Hall–Kier alpha value is -6.27.